The Bertz CT molecular complexity index is 572. The number of hydrogen-bond donors (Lipinski definition) is 1. The maximum absolute atomic E-state index is 12.9. The average molecular weight is 313 g/mol. The minimum Gasteiger partial charge on any atom is -0.346 e. The molecule has 0 bridgehead atoms. The molecule has 21 heavy (non-hydrogen) atoms. The van der Waals surface area contributed by atoms with E-state index in [0.717, 1.165) is 31.4 Å². The van der Waals surface area contributed by atoms with Gasteiger partial charge in [-0.2, -0.15) is 4.31 Å². The third-order valence-electron chi connectivity index (χ3n) is 4.32. The maximum Gasteiger partial charge on any atom is 0.244 e. The van der Waals surface area contributed by atoms with Gasteiger partial charge in [-0.3, -0.25) is 0 Å². The van der Waals surface area contributed by atoms with Crippen LogP contribution in [0.3, 0.4) is 0 Å². The third-order valence-corrected chi connectivity index (χ3v) is 6.32. The monoisotopic (exact) mass is 313 g/mol. The van der Waals surface area contributed by atoms with Crippen LogP contribution in [0.15, 0.2) is 17.2 Å². The van der Waals surface area contributed by atoms with Crippen LogP contribution in [-0.2, 0) is 16.6 Å². The van der Waals surface area contributed by atoms with E-state index in [-0.39, 0.29) is 12.1 Å². The van der Waals surface area contributed by atoms with Crippen molar-refractivity contribution in [2.75, 3.05) is 6.54 Å². The van der Waals surface area contributed by atoms with Crippen molar-refractivity contribution < 1.29 is 8.42 Å². The second-order valence-corrected chi connectivity index (χ2v) is 7.91. The van der Waals surface area contributed by atoms with Gasteiger partial charge in [-0.25, -0.2) is 8.42 Å². The fourth-order valence-corrected chi connectivity index (χ4v) is 4.98. The molecule has 1 aromatic rings. The molecule has 0 spiro atoms. The van der Waals surface area contributed by atoms with Gasteiger partial charge in [0.1, 0.15) is 4.90 Å². The summed E-state index contributed by atoms with van der Waals surface area (Å²) in [4.78, 5) is 0.380. The van der Waals surface area contributed by atoms with E-state index in [1.807, 2.05) is 25.3 Å². The maximum atomic E-state index is 12.9. The highest BCUT2D eigenvalue weighted by Gasteiger charge is 2.33. The predicted octanol–water partition coefficient (Wildman–Crippen LogP) is 2.48. The summed E-state index contributed by atoms with van der Waals surface area (Å²) >= 11 is 0. The second kappa shape index (κ2) is 6.50. The summed E-state index contributed by atoms with van der Waals surface area (Å²) in [5.41, 5.74) is 6.61. The minimum atomic E-state index is -3.42. The van der Waals surface area contributed by atoms with Crippen LogP contribution >= 0.6 is 0 Å². The lowest BCUT2D eigenvalue weighted by atomic mass is 10.2. The van der Waals surface area contributed by atoms with E-state index in [4.69, 9.17) is 5.73 Å². The highest BCUT2D eigenvalue weighted by molar-refractivity contribution is 7.89. The van der Waals surface area contributed by atoms with Crippen molar-refractivity contribution in [3.8, 4) is 0 Å². The van der Waals surface area contributed by atoms with Gasteiger partial charge in [-0.05, 0) is 32.8 Å². The van der Waals surface area contributed by atoms with Crippen LogP contribution in [0.5, 0.6) is 0 Å². The fraction of sp³-hybridized carbons (Fsp3) is 0.733. The Morgan fingerprint density at radius 2 is 2.00 bits per heavy atom. The molecule has 0 aliphatic heterocycles. The van der Waals surface area contributed by atoms with E-state index >= 15 is 0 Å². The molecule has 1 saturated carbocycles. The molecule has 0 amide bonds. The summed E-state index contributed by atoms with van der Waals surface area (Å²) in [5, 5.41) is 0. The zero-order valence-corrected chi connectivity index (χ0v) is 14.1. The lowest BCUT2D eigenvalue weighted by Gasteiger charge is -2.26. The van der Waals surface area contributed by atoms with Gasteiger partial charge in [-0.1, -0.05) is 19.8 Å². The SMILES string of the molecule is CCN(C1CCCC1)S(=O)(=O)c1cc(CN)n(C(C)C)c1. The summed E-state index contributed by atoms with van der Waals surface area (Å²) < 4.78 is 29.5. The number of nitrogens with zero attached hydrogens (tertiary/aromatic N) is 2. The highest BCUT2D eigenvalue weighted by atomic mass is 32.2. The Labute approximate surface area is 128 Å². The normalized spacial score (nSPS) is 17.2. The average Bonchev–Trinajstić information content (AvgIpc) is 3.08. The number of nitrogens with two attached hydrogens (primary N) is 1. The molecule has 1 fully saturated rings. The summed E-state index contributed by atoms with van der Waals surface area (Å²) in [7, 11) is -3.42. The van der Waals surface area contributed by atoms with Crippen molar-refractivity contribution in [2.24, 2.45) is 5.73 Å². The molecule has 0 aromatic carbocycles. The van der Waals surface area contributed by atoms with E-state index < -0.39 is 10.0 Å². The molecule has 1 aliphatic carbocycles. The Kier molecular flexibility index (Phi) is 5.11. The number of hydrogen-bond acceptors (Lipinski definition) is 3. The van der Waals surface area contributed by atoms with Crippen molar-refractivity contribution in [1.29, 1.82) is 0 Å². The molecule has 2 rings (SSSR count). The van der Waals surface area contributed by atoms with Crippen molar-refractivity contribution >= 4 is 10.0 Å². The summed E-state index contributed by atoms with van der Waals surface area (Å²) in [6, 6.07) is 2.09. The van der Waals surface area contributed by atoms with Crippen molar-refractivity contribution in [1.82, 2.24) is 8.87 Å². The van der Waals surface area contributed by atoms with Gasteiger partial charge in [0, 0.05) is 37.1 Å². The zero-order valence-electron chi connectivity index (χ0n) is 13.2. The highest BCUT2D eigenvalue weighted by Crippen LogP contribution is 2.29. The molecule has 5 nitrogen and oxygen atoms in total. The van der Waals surface area contributed by atoms with Crippen LogP contribution in [0.2, 0.25) is 0 Å². The summed E-state index contributed by atoms with van der Waals surface area (Å²) in [5.74, 6) is 0. The summed E-state index contributed by atoms with van der Waals surface area (Å²) in [6.07, 6.45) is 5.93. The van der Waals surface area contributed by atoms with Gasteiger partial charge in [-0.15, -0.1) is 0 Å². The largest absolute Gasteiger partial charge is 0.346 e. The standard InChI is InChI=1S/C15H27N3O2S/c1-4-18(13-7-5-6-8-13)21(19,20)15-9-14(10-16)17(11-15)12(2)3/h9,11-13H,4-8,10,16H2,1-3H3. The van der Waals surface area contributed by atoms with Crippen LogP contribution in [-0.4, -0.2) is 29.9 Å². The molecule has 2 N–H and O–H groups in total. The first kappa shape index (κ1) is 16.5. The summed E-state index contributed by atoms with van der Waals surface area (Å²) in [6.45, 7) is 6.86. The lowest BCUT2D eigenvalue weighted by Crippen LogP contribution is -2.38. The number of rotatable bonds is 6. The van der Waals surface area contributed by atoms with Crippen molar-refractivity contribution in [3.05, 3.63) is 18.0 Å². The van der Waals surface area contributed by atoms with Crippen molar-refractivity contribution in [2.45, 2.75) is 70.0 Å². The van der Waals surface area contributed by atoms with E-state index in [2.05, 4.69) is 0 Å². The topological polar surface area (TPSA) is 68.3 Å². The molecule has 1 heterocycles. The zero-order chi connectivity index (χ0) is 15.6. The molecule has 1 aromatic heterocycles. The van der Waals surface area contributed by atoms with E-state index in [0.29, 0.717) is 18.0 Å². The van der Waals surface area contributed by atoms with Crippen molar-refractivity contribution in [3.63, 3.8) is 0 Å². The Balaban J connectivity index is 2.38. The number of aromatic nitrogens is 1. The van der Waals surface area contributed by atoms with Gasteiger partial charge in [0.25, 0.3) is 0 Å². The van der Waals surface area contributed by atoms with E-state index in [9.17, 15) is 8.42 Å². The quantitative estimate of drug-likeness (QED) is 0.877. The van der Waals surface area contributed by atoms with Gasteiger partial charge < -0.3 is 10.3 Å². The first-order chi connectivity index (χ1) is 9.91. The lowest BCUT2D eigenvalue weighted by molar-refractivity contribution is 0.335. The Morgan fingerprint density at radius 3 is 2.43 bits per heavy atom. The second-order valence-electron chi connectivity index (χ2n) is 6.02. The van der Waals surface area contributed by atoms with Gasteiger partial charge in [0.05, 0.1) is 0 Å². The Hall–Kier alpha value is -0.850. The van der Waals surface area contributed by atoms with Crippen LogP contribution < -0.4 is 5.73 Å². The molecule has 120 valence electrons. The molecular weight excluding hydrogens is 286 g/mol. The molecule has 1 aliphatic rings. The Morgan fingerprint density at radius 1 is 1.38 bits per heavy atom. The molecule has 0 radical (unpaired) electrons. The van der Waals surface area contributed by atoms with Gasteiger partial charge in [0.2, 0.25) is 10.0 Å². The minimum absolute atomic E-state index is 0.156. The van der Waals surface area contributed by atoms with Crippen LogP contribution in [0.4, 0.5) is 0 Å². The van der Waals surface area contributed by atoms with Crippen LogP contribution in [0.25, 0.3) is 0 Å². The van der Waals surface area contributed by atoms with Crippen LogP contribution in [0, 0.1) is 0 Å². The molecule has 0 unspecified atom stereocenters. The third kappa shape index (κ3) is 3.17. The first-order valence-corrected chi connectivity index (χ1v) is 9.28. The van der Waals surface area contributed by atoms with E-state index in [1.54, 1.807) is 16.6 Å². The molecule has 6 heteroatoms. The smallest absolute Gasteiger partial charge is 0.244 e. The molecule has 0 atom stereocenters. The molecular formula is C15H27N3O2S. The van der Waals surface area contributed by atoms with Gasteiger partial charge in [0.15, 0.2) is 0 Å². The fourth-order valence-electron chi connectivity index (χ4n) is 3.23. The predicted molar refractivity (Wildman–Crippen MR) is 84.5 cm³/mol. The van der Waals surface area contributed by atoms with E-state index in [1.165, 1.54) is 0 Å². The number of sulfonamides is 1. The van der Waals surface area contributed by atoms with Crippen LogP contribution in [0.1, 0.15) is 58.2 Å². The molecule has 0 saturated heterocycles. The van der Waals surface area contributed by atoms with Gasteiger partial charge >= 0.3 is 0 Å². The first-order valence-electron chi connectivity index (χ1n) is 7.84.